The number of nitro benzene ring substituents is 1. The van der Waals surface area contributed by atoms with Crippen LogP contribution in [0.25, 0.3) is 0 Å². The number of benzene rings is 2. The number of aliphatic hydroxyl groups excluding tert-OH is 1. The first-order valence-corrected chi connectivity index (χ1v) is 6.75. The molecule has 0 spiro atoms. The molecule has 0 fully saturated rings. The van der Waals surface area contributed by atoms with E-state index >= 15 is 0 Å². The third-order valence-corrected chi connectivity index (χ3v) is 3.55. The highest BCUT2D eigenvalue weighted by atomic mass is 79.9. The van der Waals surface area contributed by atoms with Crippen LogP contribution in [0.5, 0.6) is 5.75 Å². The molecule has 0 saturated heterocycles. The number of aliphatic hydroxyl groups is 1. The molecule has 21 heavy (non-hydrogen) atoms. The second-order valence-corrected chi connectivity index (χ2v) is 5.10. The molecule has 2 aromatic carbocycles. The maximum atomic E-state index is 13.7. The highest BCUT2D eigenvalue weighted by Crippen LogP contribution is 2.25. The Kier molecular flexibility index (Phi) is 4.87. The van der Waals surface area contributed by atoms with Gasteiger partial charge in [0.2, 0.25) is 0 Å². The molecule has 110 valence electrons. The summed E-state index contributed by atoms with van der Waals surface area (Å²) in [6.45, 7) is -0.181. The van der Waals surface area contributed by atoms with Crippen molar-refractivity contribution in [2.45, 2.75) is 13.2 Å². The van der Waals surface area contributed by atoms with E-state index in [0.29, 0.717) is 15.6 Å². The van der Waals surface area contributed by atoms with Gasteiger partial charge in [-0.05, 0) is 23.8 Å². The number of rotatable bonds is 5. The minimum absolute atomic E-state index is 0.0379. The molecule has 1 N–H and O–H groups in total. The van der Waals surface area contributed by atoms with Gasteiger partial charge in [0, 0.05) is 22.2 Å². The van der Waals surface area contributed by atoms with Crippen LogP contribution < -0.4 is 4.74 Å². The molecule has 0 atom stereocenters. The highest BCUT2D eigenvalue weighted by molar-refractivity contribution is 9.10. The number of nitro groups is 1. The van der Waals surface area contributed by atoms with Gasteiger partial charge in [0.15, 0.2) is 11.6 Å². The van der Waals surface area contributed by atoms with Gasteiger partial charge in [0.05, 0.1) is 11.5 Å². The molecule has 0 amide bonds. The van der Waals surface area contributed by atoms with Gasteiger partial charge in [-0.15, -0.1) is 0 Å². The monoisotopic (exact) mass is 355 g/mol. The second-order valence-electron chi connectivity index (χ2n) is 4.24. The SMILES string of the molecule is O=[N+]([O-])c1ccc(COc2ccc(CO)cc2F)c(Br)c1. The van der Waals surface area contributed by atoms with E-state index in [1.807, 2.05) is 0 Å². The van der Waals surface area contributed by atoms with E-state index in [4.69, 9.17) is 9.84 Å². The molecular formula is C14H11BrFNO4. The van der Waals surface area contributed by atoms with Crippen molar-refractivity contribution in [2.24, 2.45) is 0 Å². The molecular weight excluding hydrogens is 345 g/mol. The smallest absolute Gasteiger partial charge is 0.270 e. The van der Waals surface area contributed by atoms with Gasteiger partial charge in [0.25, 0.3) is 5.69 Å². The lowest BCUT2D eigenvalue weighted by molar-refractivity contribution is -0.384. The topological polar surface area (TPSA) is 72.6 Å². The number of hydrogen-bond acceptors (Lipinski definition) is 4. The van der Waals surface area contributed by atoms with Crippen molar-refractivity contribution in [2.75, 3.05) is 0 Å². The first-order valence-electron chi connectivity index (χ1n) is 5.96. The predicted molar refractivity (Wildman–Crippen MR) is 77.5 cm³/mol. The van der Waals surface area contributed by atoms with E-state index in [1.54, 1.807) is 12.1 Å². The van der Waals surface area contributed by atoms with Crippen LogP contribution in [-0.2, 0) is 13.2 Å². The van der Waals surface area contributed by atoms with Crippen LogP contribution in [0.2, 0.25) is 0 Å². The fraction of sp³-hybridized carbons (Fsp3) is 0.143. The summed E-state index contributed by atoms with van der Waals surface area (Å²) in [6, 6.07) is 8.45. The summed E-state index contributed by atoms with van der Waals surface area (Å²) in [5, 5.41) is 19.5. The van der Waals surface area contributed by atoms with E-state index < -0.39 is 10.7 Å². The number of ether oxygens (including phenoxy) is 1. The molecule has 0 saturated carbocycles. The van der Waals surface area contributed by atoms with Crippen LogP contribution in [0, 0.1) is 15.9 Å². The summed E-state index contributed by atoms with van der Waals surface area (Å²) in [5.74, 6) is -0.517. The molecule has 0 heterocycles. The third-order valence-electron chi connectivity index (χ3n) is 2.81. The summed E-state index contributed by atoms with van der Waals surface area (Å²) < 4.78 is 19.5. The van der Waals surface area contributed by atoms with Crippen LogP contribution in [0.15, 0.2) is 40.9 Å². The van der Waals surface area contributed by atoms with Gasteiger partial charge in [-0.2, -0.15) is 0 Å². The van der Waals surface area contributed by atoms with Crippen molar-refractivity contribution >= 4 is 21.6 Å². The molecule has 0 aromatic heterocycles. The maximum absolute atomic E-state index is 13.7. The number of nitrogens with zero attached hydrogens (tertiary/aromatic N) is 1. The summed E-state index contributed by atoms with van der Waals surface area (Å²) >= 11 is 3.22. The first-order chi connectivity index (χ1) is 10.0. The van der Waals surface area contributed by atoms with E-state index in [9.17, 15) is 14.5 Å². The van der Waals surface area contributed by atoms with E-state index in [1.165, 1.54) is 24.3 Å². The Balaban J connectivity index is 2.11. The van der Waals surface area contributed by atoms with Crippen molar-refractivity contribution in [1.82, 2.24) is 0 Å². The Hall–Kier alpha value is -1.99. The van der Waals surface area contributed by atoms with Crippen molar-refractivity contribution in [3.63, 3.8) is 0 Å². The lowest BCUT2D eigenvalue weighted by atomic mass is 10.2. The minimum atomic E-state index is -0.570. The quantitative estimate of drug-likeness (QED) is 0.657. The van der Waals surface area contributed by atoms with Gasteiger partial charge < -0.3 is 9.84 Å². The number of non-ortho nitro benzene ring substituents is 1. The van der Waals surface area contributed by atoms with Crippen molar-refractivity contribution in [3.8, 4) is 5.75 Å². The average molecular weight is 356 g/mol. The largest absolute Gasteiger partial charge is 0.486 e. The Morgan fingerprint density at radius 1 is 1.29 bits per heavy atom. The normalized spacial score (nSPS) is 10.4. The zero-order valence-corrected chi connectivity index (χ0v) is 12.3. The zero-order chi connectivity index (χ0) is 15.4. The van der Waals surface area contributed by atoms with Crippen LogP contribution in [0.4, 0.5) is 10.1 Å². The van der Waals surface area contributed by atoms with Gasteiger partial charge in [-0.25, -0.2) is 4.39 Å². The minimum Gasteiger partial charge on any atom is -0.486 e. The van der Waals surface area contributed by atoms with Crippen molar-refractivity contribution in [3.05, 3.63) is 67.9 Å². The maximum Gasteiger partial charge on any atom is 0.270 e. The van der Waals surface area contributed by atoms with Crippen LogP contribution in [0.1, 0.15) is 11.1 Å². The Bertz CT molecular complexity index is 678. The van der Waals surface area contributed by atoms with Gasteiger partial charge >= 0.3 is 0 Å². The second kappa shape index (κ2) is 6.64. The molecule has 0 bridgehead atoms. The van der Waals surface area contributed by atoms with E-state index in [2.05, 4.69) is 15.9 Å². The van der Waals surface area contributed by atoms with Crippen LogP contribution in [0.3, 0.4) is 0 Å². The lowest BCUT2D eigenvalue weighted by Gasteiger charge is -2.09. The van der Waals surface area contributed by atoms with Gasteiger partial charge in [-0.3, -0.25) is 10.1 Å². The lowest BCUT2D eigenvalue weighted by Crippen LogP contribution is -2.00. The summed E-state index contributed by atoms with van der Waals surface area (Å²) in [5.41, 5.74) is 1.08. The van der Waals surface area contributed by atoms with E-state index in [-0.39, 0.29) is 24.7 Å². The van der Waals surface area contributed by atoms with Crippen LogP contribution in [-0.4, -0.2) is 10.0 Å². The Morgan fingerprint density at radius 3 is 2.62 bits per heavy atom. The average Bonchev–Trinajstić information content (AvgIpc) is 2.46. The predicted octanol–water partition coefficient (Wildman–Crippen LogP) is 3.57. The third kappa shape index (κ3) is 3.77. The Labute approximate surface area is 128 Å². The summed E-state index contributed by atoms with van der Waals surface area (Å²) in [7, 11) is 0. The Morgan fingerprint density at radius 2 is 2.05 bits per heavy atom. The van der Waals surface area contributed by atoms with Gasteiger partial charge in [0.1, 0.15) is 6.61 Å². The fourth-order valence-electron chi connectivity index (χ4n) is 1.68. The fourth-order valence-corrected chi connectivity index (χ4v) is 2.16. The van der Waals surface area contributed by atoms with Crippen molar-refractivity contribution in [1.29, 1.82) is 0 Å². The van der Waals surface area contributed by atoms with Crippen molar-refractivity contribution < 1.29 is 19.2 Å². The molecule has 0 aliphatic rings. The summed E-state index contributed by atoms with van der Waals surface area (Å²) in [6.07, 6.45) is 0. The highest BCUT2D eigenvalue weighted by Gasteiger charge is 2.11. The number of hydrogen-bond donors (Lipinski definition) is 1. The molecule has 2 rings (SSSR count). The molecule has 0 radical (unpaired) electrons. The molecule has 0 unspecified atom stereocenters. The molecule has 7 heteroatoms. The molecule has 0 aliphatic heterocycles. The molecule has 5 nitrogen and oxygen atoms in total. The molecule has 0 aliphatic carbocycles. The molecule has 2 aromatic rings. The van der Waals surface area contributed by atoms with Gasteiger partial charge in [-0.1, -0.05) is 22.0 Å². The first kappa shape index (κ1) is 15.4. The standard InChI is InChI=1S/C14H11BrFNO4/c15-12-6-11(17(19)20)3-2-10(12)8-21-14-4-1-9(7-18)5-13(14)16/h1-6,18H,7-8H2. The van der Waals surface area contributed by atoms with Crippen LogP contribution >= 0.6 is 15.9 Å². The zero-order valence-electron chi connectivity index (χ0n) is 10.8. The summed E-state index contributed by atoms with van der Waals surface area (Å²) in [4.78, 5) is 10.1. The number of halogens is 2. The van der Waals surface area contributed by atoms with E-state index in [0.717, 1.165) is 0 Å².